The Bertz CT molecular complexity index is 817. The molecule has 0 saturated heterocycles. The number of nitrogens with zero attached hydrogens (tertiary/aromatic N) is 2. The van der Waals surface area contributed by atoms with Gasteiger partial charge in [0.2, 0.25) is 0 Å². The van der Waals surface area contributed by atoms with Crippen molar-refractivity contribution in [3.05, 3.63) is 56.8 Å². The van der Waals surface area contributed by atoms with Gasteiger partial charge in [-0.1, -0.05) is 33.6 Å². The van der Waals surface area contributed by atoms with E-state index in [4.69, 9.17) is 23.2 Å². The lowest BCUT2D eigenvalue weighted by molar-refractivity contribution is 0.961. The molecule has 0 aliphatic heterocycles. The first-order valence-corrected chi connectivity index (χ1v) is 8.22. The van der Waals surface area contributed by atoms with Crippen molar-refractivity contribution in [2.75, 3.05) is 0 Å². The number of aryl methyl sites for hydroxylation is 2. The van der Waals surface area contributed by atoms with Crippen LogP contribution < -0.4 is 0 Å². The summed E-state index contributed by atoms with van der Waals surface area (Å²) in [7, 11) is 0. The first-order chi connectivity index (χ1) is 10.0. The summed E-state index contributed by atoms with van der Waals surface area (Å²) in [5.41, 5.74) is 5.20. The van der Waals surface area contributed by atoms with Gasteiger partial charge in [0.15, 0.2) is 0 Å². The van der Waals surface area contributed by atoms with Crippen LogP contribution in [0.5, 0.6) is 0 Å². The third-order valence-corrected chi connectivity index (χ3v) is 4.51. The van der Waals surface area contributed by atoms with Gasteiger partial charge in [0.25, 0.3) is 0 Å². The first-order valence-electron chi connectivity index (χ1n) is 6.52. The van der Waals surface area contributed by atoms with E-state index in [0.29, 0.717) is 10.9 Å². The summed E-state index contributed by atoms with van der Waals surface area (Å²) in [6.45, 7) is 4.17. The number of halogens is 3. The molecule has 0 spiro atoms. The van der Waals surface area contributed by atoms with Crippen LogP contribution in [0.15, 0.2) is 34.8 Å². The maximum absolute atomic E-state index is 6.27. The number of para-hydroxylation sites is 1. The highest BCUT2D eigenvalue weighted by atomic mass is 79.9. The third-order valence-electron chi connectivity index (χ3n) is 3.50. The van der Waals surface area contributed by atoms with E-state index in [0.717, 1.165) is 38.1 Å². The maximum Gasteiger partial charge on any atom is 0.129 e. The quantitative estimate of drug-likeness (QED) is 0.511. The normalized spacial score (nSPS) is 11.3. The van der Waals surface area contributed by atoms with Crippen molar-refractivity contribution in [3.63, 3.8) is 0 Å². The summed E-state index contributed by atoms with van der Waals surface area (Å²) < 4.78 is 3.17. The molecule has 3 aromatic rings. The number of alkyl halides is 1. The van der Waals surface area contributed by atoms with E-state index in [1.165, 1.54) is 0 Å². The van der Waals surface area contributed by atoms with Crippen molar-refractivity contribution in [1.82, 2.24) is 9.55 Å². The van der Waals surface area contributed by atoms with Crippen LogP contribution in [0.4, 0.5) is 0 Å². The smallest absolute Gasteiger partial charge is 0.129 e. The highest BCUT2D eigenvalue weighted by Crippen LogP contribution is 2.31. The van der Waals surface area contributed by atoms with E-state index in [2.05, 4.69) is 51.5 Å². The van der Waals surface area contributed by atoms with Crippen LogP contribution in [-0.2, 0) is 5.88 Å². The van der Waals surface area contributed by atoms with Crippen molar-refractivity contribution in [2.24, 2.45) is 0 Å². The Morgan fingerprint density at radius 1 is 1.19 bits per heavy atom. The monoisotopic (exact) mass is 382 g/mol. The summed E-state index contributed by atoms with van der Waals surface area (Å²) in [6.07, 6.45) is 0. The predicted molar refractivity (Wildman–Crippen MR) is 92.8 cm³/mol. The molecule has 2 aromatic carbocycles. The summed E-state index contributed by atoms with van der Waals surface area (Å²) in [4.78, 5) is 4.60. The average molecular weight is 384 g/mol. The SMILES string of the molecule is Cc1cc(Br)cc(C)c1-n1c(CCl)nc2c(Cl)cccc21. The zero-order chi connectivity index (χ0) is 15.1. The Morgan fingerprint density at radius 2 is 1.86 bits per heavy atom. The minimum absolute atomic E-state index is 0.333. The van der Waals surface area contributed by atoms with Gasteiger partial charge in [0.1, 0.15) is 11.3 Å². The molecule has 1 aromatic heterocycles. The van der Waals surface area contributed by atoms with Gasteiger partial charge in [-0.2, -0.15) is 0 Å². The molecule has 0 atom stereocenters. The molecule has 0 aliphatic rings. The van der Waals surface area contributed by atoms with Crippen LogP contribution in [0.25, 0.3) is 16.7 Å². The molecule has 0 radical (unpaired) electrons. The molecular formula is C16H13BrCl2N2. The van der Waals surface area contributed by atoms with E-state index >= 15 is 0 Å². The van der Waals surface area contributed by atoms with E-state index in [1.54, 1.807) is 0 Å². The summed E-state index contributed by atoms with van der Waals surface area (Å²) >= 11 is 15.9. The number of benzene rings is 2. The lowest BCUT2D eigenvalue weighted by atomic mass is 10.1. The van der Waals surface area contributed by atoms with Gasteiger partial charge >= 0.3 is 0 Å². The van der Waals surface area contributed by atoms with Crippen molar-refractivity contribution in [3.8, 4) is 5.69 Å². The molecule has 21 heavy (non-hydrogen) atoms. The van der Waals surface area contributed by atoms with Crippen LogP contribution in [0.3, 0.4) is 0 Å². The minimum Gasteiger partial charge on any atom is -0.295 e. The van der Waals surface area contributed by atoms with Crippen LogP contribution >= 0.6 is 39.1 Å². The van der Waals surface area contributed by atoms with E-state index in [1.807, 2.05) is 18.2 Å². The molecule has 0 aliphatic carbocycles. The Balaban J connectivity index is 2.42. The Hall–Kier alpha value is -1.03. The standard InChI is InChI=1S/C16H13BrCl2N2/c1-9-6-11(17)7-10(2)16(9)21-13-5-3-4-12(19)15(13)20-14(21)8-18/h3-7H,8H2,1-2H3. The van der Waals surface area contributed by atoms with Gasteiger partial charge < -0.3 is 0 Å². The van der Waals surface area contributed by atoms with Crippen LogP contribution in [0.1, 0.15) is 17.0 Å². The molecule has 0 amide bonds. The average Bonchev–Trinajstić information content (AvgIpc) is 2.78. The first kappa shape index (κ1) is 14.9. The molecule has 3 rings (SSSR count). The molecule has 108 valence electrons. The third kappa shape index (κ3) is 2.48. The van der Waals surface area contributed by atoms with Gasteiger partial charge in [-0.25, -0.2) is 4.98 Å². The Labute approximate surface area is 141 Å². The van der Waals surface area contributed by atoms with Crippen molar-refractivity contribution >= 4 is 50.2 Å². The lowest BCUT2D eigenvalue weighted by Gasteiger charge is -2.15. The van der Waals surface area contributed by atoms with Crippen molar-refractivity contribution < 1.29 is 0 Å². The van der Waals surface area contributed by atoms with Crippen molar-refractivity contribution in [1.29, 1.82) is 0 Å². The zero-order valence-electron chi connectivity index (χ0n) is 11.6. The molecule has 0 N–H and O–H groups in total. The van der Waals surface area contributed by atoms with Gasteiger partial charge in [-0.15, -0.1) is 11.6 Å². The number of hydrogen-bond acceptors (Lipinski definition) is 1. The van der Waals surface area contributed by atoms with Gasteiger partial charge in [-0.05, 0) is 49.2 Å². The Morgan fingerprint density at radius 3 is 2.48 bits per heavy atom. The molecule has 2 nitrogen and oxygen atoms in total. The van der Waals surface area contributed by atoms with Gasteiger partial charge in [0, 0.05) is 4.47 Å². The molecule has 1 heterocycles. The second-order valence-corrected chi connectivity index (χ2v) is 6.58. The van der Waals surface area contributed by atoms with Gasteiger partial charge in [0.05, 0.1) is 22.1 Å². The number of imidazole rings is 1. The molecule has 0 fully saturated rings. The maximum atomic E-state index is 6.27. The Kier molecular flexibility index (Phi) is 4.00. The second-order valence-electron chi connectivity index (χ2n) is 4.99. The number of hydrogen-bond donors (Lipinski definition) is 0. The molecule has 0 unspecified atom stereocenters. The van der Waals surface area contributed by atoms with E-state index < -0.39 is 0 Å². The second kappa shape index (κ2) is 5.64. The molecule has 0 saturated carbocycles. The topological polar surface area (TPSA) is 17.8 Å². The zero-order valence-corrected chi connectivity index (χ0v) is 14.7. The summed E-state index contributed by atoms with van der Waals surface area (Å²) in [6, 6.07) is 9.99. The summed E-state index contributed by atoms with van der Waals surface area (Å²) in [5, 5.41) is 0.644. The number of rotatable bonds is 2. The largest absolute Gasteiger partial charge is 0.295 e. The fourth-order valence-electron chi connectivity index (χ4n) is 2.71. The molecule has 0 bridgehead atoms. The lowest BCUT2D eigenvalue weighted by Crippen LogP contribution is -2.04. The number of fused-ring (bicyclic) bond motifs is 1. The van der Waals surface area contributed by atoms with Crippen LogP contribution in [0.2, 0.25) is 5.02 Å². The summed E-state index contributed by atoms with van der Waals surface area (Å²) in [5.74, 6) is 1.13. The van der Waals surface area contributed by atoms with Crippen molar-refractivity contribution in [2.45, 2.75) is 19.7 Å². The fraction of sp³-hybridized carbons (Fsp3) is 0.188. The molecule has 5 heteroatoms. The van der Waals surface area contributed by atoms with E-state index in [-0.39, 0.29) is 0 Å². The fourth-order valence-corrected chi connectivity index (χ4v) is 3.79. The van der Waals surface area contributed by atoms with Crippen LogP contribution in [-0.4, -0.2) is 9.55 Å². The minimum atomic E-state index is 0.333. The highest BCUT2D eigenvalue weighted by molar-refractivity contribution is 9.10. The highest BCUT2D eigenvalue weighted by Gasteiger charge is 2.17. The molecular weight excluding hydrogens is 371 g/mol. The number of aromatic nitrogens is 2. The van der Waals surface area contributed by atoms with Crippen LogP contribution in [0, 0.1) is 13.8 Å². The van der Waals surface area contributed by atoms with E-state index in [9.17, 15) is 0 Å². The van der Waals surface area contributed by atoms with Gasteiger partial charge in [-0.3, -0.25) is 4.57 Å². The predicted octanol–water partition coefficient (Wildman–Crippen LogP) is 5.80.